The van der Waals surface area contributed by atoms with Crippen LogP contribution >= 0.6 is 0 Å². The molecule has 2 heterocycles. The van der Waals surface area contributed by atoms with Crippen molar-refractivity contribution in [1.82, 2.24) is 9.21 Å². The highest BCUT2D eigenvalue weighted by Crippen LogP contribution is 2.31. The smallest absolute Gasteiger partial charge is 0.243 e. The minimum Gasteiger partial charge on any atom is -0.379 e. The Morgan fingerprint density at radius 1 is 0.971 bits per heavy atom. The first-order valence-corrected chi connectivity index (χ1v) is 13.4. The zero-order valence-electron chi connectivity index (χ0n) is 19.8. The lowest BCUT2D eigenvalue weighted by molar-refractivity contribution is -0.116. The Morgan fingerprint density at radius 3 is 2.35 bits per heavy atom. The fraction of sp³-hybridized carbons (Fsp3) is 0.480. The third-order valence-electron chi connectivity index (χ3n) is 6.49. The summed E-state index contributed by atoms with van der Waals surface area (Å²) in [4.78, 5) is 17.7. The normalized spacial score (nSPS) is 18.1. The maximum Gasteiger partial charge on any atom is 0.243 e. The number of nitrogens with one attached hydrogen (secondary N) is 1. The number of likely N-dealkylation sites (N-methyl/N-ethyl adjacent to an activating group) is 1. The number of morpholine rings is 1. The van der Waals surface area contributed by atoms with E-state index in [2.05, 4.69) is 22.0 Å². The van der Waals surface area contributed by atoms with E-state index >= 15 is 0 Å². The molecule has 2 aromatic carbocycles. The van der Waals surface area contributed by atoms with Crippen LogP contribution in [0.25, 0.3) is 0 Å². The Morgan fingerprint density at radius 2 is 1.68 bits per heavy atom. The van der Waals surface area contributed by atoms with E-state index in [1.807, 2.05) is 36.4 Å². The number of benzene rings is 2. The standard InChI is InChI=1S/C25H34N4O4S/c1-2-27-12-14-28(15-13-27)24-10-9-22(34(31,32)29-16-18-33-19-17-29)20-23(24)26-25(30)11-8-21-6-4-3-5-7-21/h3-7,9-10,20H,2,8,11-19H2,1H3,(H,26,30). The Labute approximate surface area is 202 Å². The van der Waals surface area contributed by atoms with Crippen molar-refractivity contribution in [1.29, 1.82) is 0 Å². The molecule has 0 bridgehead atoms. The molecule has 184 valence electrons. The Balaban J connectivity index is 1.56. The molecule has 2 aliphatic rings. The number of ether oxygens (including phenoxy) is 1. The fourth-order valence-corrected chi connectivity index (χ4v) is 5.84. The summed E-state index contributed by atoms with van der Waals surface area (Å²) in [7, 11) is -3.66. The van der Waals surface area contributed by atoms with Crippen LogP contribution in [0.1, 0.15) is 18.9 Å². The first kappa shape index (κ1) is 24.7. The quantitative estimate of drug-likeness (QED) is 0.617. The topological polar surface area (TPSA) is 82.2 Å². The molecule has 2 aromatic rings. The first-order valence-electron chi connectivity index (χ1n) is 12.0. The molecule has 1 amide bonds. The van der Waals surface area contributed by atoms with Crippen LogP contribution in [0.2, 0.25) is 0 Å². The van der Waals surface area contributed by atoms with E-state index in [0.29, 0.717) is 44.8 Å². The number of nitrogens with zero attached hydrogens (tertiary/aromatic N) is 3. The molecule has 0 spiro atoms. The van der Waals surface area contributed by atoms with Crippen molar-refractivity contribution < 1.29 is 17.9 Å². The minimum atomic E-state index is -3.66. The number of hydrogen-bond acceptors (Lipinski definition) is 6. The highest BCUT2D eigenvalue weighted by Gasteiger charge is 2.28. The number of rotatable bonds is 8. The highest BCUT2D eigenvalue weighted by molar-refractivity contribution is 7.89. The number of hydrogen-bond donors (Lipinski definition) is 1. The zero-order chi connectivity index (χ0) is 24.0. The average Bonchev–Trinajstić information content (AvgIpc) is 2.88. The van der Waals surface area contributed by atoms with E-state index < -0.39 is 10.0 Å². The van der Waals surface area contributed by atoms with Gasteiger partial charge in [0.2, 0.25) is 15.9 Å². The molecule has 9 heteroatoms. The van der Waals surface area contributed by atoms with Crippen molar-refractivity contribution in [2.45, 2.75) is 24.7 Å². The van der Waals surface area contributed by atoms with E-state index in [-0.39, 0.29) is 10.8 Å². The van der Waals surface area contributed by atoms with Crippen LogP contribution in [-0.2, 0) is 26.0 Å². The number of amides is 1. The molecule has 2 aliphatic heterocycles. The minimum absolute atomic E-state index is 0.127. The summed E-state index contributed by atoms with van der Waals surface area (Å²) < 4.78 is 33.2. The zero-order valence-corrected chi connectivity index (χ0v) is 20.6. The average molecular weight is 487 g/mol. The van der Waals surface area contributed by atoms with Crippen LogP contribution < -0.4 is 10.2 Å². The van der Waals surface area contributed by atoms with Crippen LogP contribution in [0.15, 0.2) is 53.4 Å². The van der Waals surface area contributed by atoms with E-state index in [9.17, 15) is 13.2 Å². The second kappa shape index (κ2) is 11.3. The van der Waals surface area contributed by atoms with Gasteiger partial charge in [-0.05, 0) is 36.7 Å². The molecule has 0 saturated carbocycles. The Kier molecular flexibility index (Phi) is 8.20. The molecule has 2 fully saturated rings. The monoisotopic (exact) mass is 486 g/mol. The van der Waals surface area contributed by atoms with Crippen LogP contribution in [0, 0.1) is 0 Å². The number of carbonyl (C=O) groups is 1. The van der Waals surface area contributed by atoms with Crippen LogP contribution in [0.3, 0.4) is 0 Å². The maximum atomic E-state index is 13.2. The van der Waals surface area contributed by atoms with Crippen molar-refractivity contribution in [3.8, 4) is 0 Å². The molecule has 0 aromatic heterocycles. The molecular formula is C25H34N4O4S. The largest absolute Gasteiger partial charge is 0.379 e. The third-order valence-corrected chi connectivity index (χ3v) is 8.39. The van der Waals surface area contributed by atoms with Gasteiger partial charge < -0.3 is 19.9 Å². The number of carbonyl (C=O) groups excluding carboxylic acids is 1. The SMILES string of the molecule is CCN1CCN(c2ccc(S(=O)(=O)N3CCOCC3)cc2NC(=O)CCc2ccccc2)CC1. The van der Waals surface area contributed by atoms with Gasteiger partial charge in [0, 0.05) is 45.7 Å². The summed E-state index contributed by atoms with van der Waals surface area (Å²) in [6.07, 6.45) is 0.955. The van der Waals surface area contributed by atoms with Gasteiger partial charge in [-0.2, -0.15) is 4.31 Å². The lowest BCUT2D eigenvalue weighted by atomic mass is 10.1. The maximum absolute atomic E-state index is 13.2. The van der Waals surface area contributed by atoms with Crippen molar-refractivity contribution >= 4 is 27.3 Å². The number of aryl methyl sites for hydroxylation is 1. The number of piperazine rings is 1. The Bertz CT molecular complexity index is 1060. The van der Waals surface area contributed by atoms with Crippen molar-refractivity contribution in [2.24, 2.45) is 0 Å². The van der Waals surface area contributed by atoms with Crippen molar-refractivity contribution in [3.63, 3.8) is 0 Å². The number of anilines is 2. The predicted octanol–water partition coefficient (Wildman–Crippen LogP) is 2.42. The fourth-order valence-electron chi connectivity index (χ4n) is 4.41. The van der Waals surface area contributed by atoms with Crippen molar-refractivity contribution in [2.75, 3.05) is 69.2 Å². The van der Waals surface area contributed by atoms with Gasteiger partial charge >= 0.3 is 0 Å². The van der Waals surface area contributed by atoms with Gasteiger partial charge in [-0.3, -0.25) is 4.79 Å². The summed E-state index contributed by atoms with van der Waals surface area (Å²) in [6, 6.07) is 15.0. The van der Waals surface area contributed by atoms with Crippen LogP contribution in [0.4, 0.5) is 11.4 Å². The summed E-state index contributed by atoms with van der Waals surface area (Å²) in [5.74, 6) is -0.127. The van der Waals surface area contributed by atoms with Crippen molar-refractivity contribution in [3.05, 3.63) is 54.1 Å². The third kappa shape index (κ3) is 5.96. The molecule has 8 nitrogen and oxygen atoms in total. The molecule has 4 rings (SSSR count). The van der Waals surface area contributed by atoms with Gasteiger partial charge in [-0.1, -0.05) is 37.3 Å². The summed E-state index contributed by atoms with van der Waals surface area (Å²) in [6.45, 7) is 8.14. The van der Waals surface area contributed by atoms with Gasteiger partial charge in [0.25, 0.3) is 0 Å². The summed E-state index contributed by atoms with van der Waals surface area (Å²) in [5, 5.41) is 3.02. The second-order valence-corrected chi connectivity index (χ2v) is 10.6. The molecule has 0 unspecified atom stereocenters. The molecular weight excluding hydrogens is 452 g/mol. The Hall–Kier alpha value is -2.46. The summed E-state index contributed by atoms with van der Waals surface area (Å²) >= 11 is 0. The van der Waals surface area contributed by atoms with Gasteiger partial charge in [-0.15, -0.1) is 0 Å². The number of sulfonamides is 1. The van der Waals surface area contributed by atoms with E-state index in [1.54, 1.807) is 12.1 Å². The van der Waals surface area contributed by atoms with Gasteiger partial charge in [0.05, 0.1) is 29.5 Å². The lowest BCUT2D eigenvalue weighted by Gasteiger charge is -2.36. The summed E-state index contributed by atoms with van der Waals surface area (Å²) in [5.41, 5.74) is 2.51. The predicted molar refractivity (Wildman–Crippen MR) is 134 cm³/mol. The molecule has 0 atom stereocenters. The van der Waals surface area contributed by atoms with Crippen LogP contribution in [-0.4, -0.2) is 82.6 Å². The van der Waals surface area contributed by atoms with Gasteiger partial charge in [-0.25, -0.2) is 8.42 Å². The molecule has 1 N–H and O–H groups in total. The van der Waals surface area contributed by atoms with Gasteiger partial charge in [0.1, 0.15) is 0 Å². The highest BCUT2D eigenvalue weighted by atomic mass is 32.2. The van der Waals surface area contributed by atoms with E-state index in [1.165, 1.54) is 4.31 Å². The van der Waals surface area contributed by atoms with E-state index in [4.69, 9.17) is 4.74 Å². The van der Waals surface area contributed by atoms with Crippen LogP contribution in [0.5, 0.6) is 0 Å². The van der Waals surface area contributed by atoms with Gasteiger partial charge in [0.15, 0.2) is 0 Å². The molecule has 0 aliphatic carbocycles. The lowest BCUT2D eigenvalue weighted by Crippen LogP contribution is -2.46. The first-order chi connectivity index (χ1) is 16.5. The second-order valence-electron chi connectivity index (χ2n) is 8.65. The molecule has 0 radical (unpaired) electrons. The molecule has 34 heavy (non-hydrogen) atoms. The molecule has 2 saturated heterocycles. The van der Waals surface area contributed by atoms with E-state index in [0.717, 1.165) is 44.0 Å².